The summed E-state index contributed by atoms with van der Waals surface area (Å²) >= 11 is 0. The summed E-state index contributed by atoms with van der Waals surface area (Å²) < 4.78 is 6.15. The highest BCUT2D eigenvalue weighted by molar-refractivity contribution is 6.76. The number of carboxylic acids is 1. The molecule has 6 atom stereocenters. The number of fused-ring (bicyclic) bond motifs is 1. The van der Waals surface area contributed by atoms with E-state index in [9.17, 15) is 29.1 Å². The molecular weight excluding hydrogens is 655 g/mol. The van der Waals surface area contributed by atoms with Crippen molar-refractivity contribution in [2.75, 3.05) is 19.8 Å². The molecule has 3 rings (SSSR count). The molecule has 1 saturated heterocycles. The van der Waals surface area contributed by atoms with Crippen molar-refractivity contribution in [1.82, 2.24) is 26.1 Å². The lowest BCUT2D eigenvalue weighted by atomic mass is 9.69. The predicted octanol–water partition coefficient (Wildman–Crippen LogP) is 2.40. The Kier molecular flexibility index (Phi) is 13.9. The van der Waals surface area contributed by atoms with Crippen LogP contribution in [-0.2, 0) is 28.7 Å². The molecule has 2 aliphatic rings. The molecule has 1 aliphatic carbocycles. The summed E-state index contributed by atoms with van der Waals surface area (Å²) in [6.45, 7) is 18.0. The molecule has 1 aromatic heterocycles. The highest BCUT2D eigenvalue weighted by Gasteiger charge is 2.40. The van der Waals surface area contributed by atoms with Crippen LogP contribution in [-0.4, -0.2) is 90.5 Å². The first-order valence-electron chi connectivity index (χ1n) is 17.6. The van der Waals surface area contributed by atoms with Gasteiger partial charge >= 0.3 is 5.97 Å². The van der Waals surface area contributed by atoms with Crippen LogP contribution in [0.2, 0.25) is 25.7 Å². The highest BCUT2D eigenvalue weighted by Crippen LogP contribution is 2.39. The van der Waals surface area contributed by atoms with Crippen LogP contribution in [0.4, 0.5) is 0 Å². The van der Waals surface area contributed by atoms with Gasteiger partial charge in [-0.25, -0.2) is 5.43 Å². The zero-order chi connectivity index (χ0) is 37.4. The zero-order valence-electron chi connectivity index (χ0n) is 31.2. The Labute approximate surface area is 297 Å². The number of rotatable bonds is 16. The SMILES string of the molecule is CC(=O)[C@H](C)C1(/C=C/[C@](C)(COCC[Si](C)(C)C)C(=O)N[C@H](C(=O)N[C@@H](C)C(=O)N2CCC[C@@H](C(=O)O)N2)C(C)C)C=c2ncccc2=CC1. The monoisotopic (exact) mass is 711 g/mol. The van der Waals surface area contributed by atoms with Crippen LogP contribution in [0.3, 0.4) is 0 Å². The first-order chi connectivity index (χ1) is 23.3. The van der Waals surface area contributed by atoms with Crippen LogP contribution < -0.4 is 26.6 Å². The summed E-state index contributed by atoms with van der Waals surface area (Å²) in [6, 6.07) is 1.92. The second-order valence-corrected chi connectivity index (χ2v) is 21.3. The first kappa shape index (κ1) is 40.7. The number of nitrogens with one attached hydrogen (secondary N) is 3. The van der Waals surface area contributed by atoms with Crippen molar-refractivity contribution in [1.29, 1.82) is 0 Å². The molecule has 4 N–H and O–H groups in total. The van der Waals surface area contributed by atoms with Crippen LogP contribution in [0.1, 0.15) is 60.8 Å². The lowest BCUT2D eigenvalue weighted by molar-refractivity contribution is -0.148. The smallest absolute Gasteiger partial charge is 0.322 e. The molecule has 0 aromatic carbocycles. The number of allylic oxidation sites excluding steroid dienone is 1. The molecule has 12 nitrogen and oxygen atoms in total. The summed E-state index contributed by atoms with van der Waals surface area (Å²) in [5, 5.41) is 18.0. The Morgan fingerprint density at radius 3 is 2.50 bits per heavy atom. The van der Waals surface area contributed by atoms with E-state index in [2.05, 4.69) is 46.8 Å². The average molecular weight is 712 g/mol. The van der Waals surface area contributed by atoms with Crippen LogP contribution in [0.15, 0.2) is 30.5 Å². The third-order valence-corrected chi connectivity index (χ3v) is 11.5. The molecule has 0 spiro atoms. The van der Waals surface area contributed by atoms with Gasteiger partial charge in [-0.05, 0) is 69.4 Å². The molecule has 0 radical (unpaired) electrons. The number of pyridine rings is 1. The van der Waals surface area contributed by atoms with E-state index in [0.717, 1.165) is 16.6 Å². The first-order valence-corrected chi connectivity index (χ1v) is 21.3. The minimum atomic E-state index is -1.42. The van der Waals surface area contributed by atoms with Gasteiger partial charge in [0.05, 0.1) is 17.4 Å². The van der Waals surface area contributed by atoms with E-state index in [1.54, 1.807) is 40.0 Å². The summed E-state index contributed by atoms with van der Waals surface area (Å²) in [7, 11) is -1.42. The maximum atomic E-state index is 14.3. The highest BCUT2D eigenvalue weighted by atomic mass is 28.3. The van der Waals surface area contributed by atoms with Gasteiger partial charge in [0.15, 0.2) is 0 Å². The number of aromatic nitrogens is 1. The van der Waals surface area contributed by atoms with Crippen LogP contribution in [0.25, 0.3) is 12.2 Å². The topological polar surface area (TPSA) is 167 Å². The van der Waals surface area contributed by atoms with Crippen molar-refractivity contribution in [3.63, 3.8) is 0 Å². The lowest BCUT2D eigenvalue weighted by Gasteiger charge is -2.35. The van der Waals surface area contributed by atoms with Gasteiger partial charge in [0, 0.05) is 38.8 Å². The van der Waals surface area contributed by atoms with Gasteiger partial charge in [-0.1, -0.05) is 64.7 Å². The second-order valence-electron chi connectivity index (χ2n) is 15.7. The molecule has 50 heavy (non-hydrogen) atoms. The van der Waals surface area contributed by atoms with E-state index in [-0.39, 0.29) is 18.3 Å². The molecule has 0 saturated carbocycles. The third kappa shape index (κ3) is 10.7. The maximum absolute atomic E-state index is 14.3. The number of carbonyl (C=O) groups excluding carboxylic acids is 4. The zero-order valence-corrected chi connectivity index (χ0v) is 32.2. The number of Topliss-reactive ketones (excluding diaryl/α,β-unsaturated/α-hetero) is 1. The number of carboxylic acid groups (broad SMARTS) is 1. The fourth-order valence-corrected chi connectivity index (χ4v) is 6.77. The Balaban J connectivity index is 1.89. The lowest BCUT2D eigenvalue weighted by Crippen LogP contribution is -2.61. The number of aliphatic carboxylic acids is 1. The average Bonchev–Trinajstić information content (AvgIpc) is 3.06. The van der Waals surface area contributed by atoms with Crippen molar-refractivity contribution >= 4 is 49.7 Å². The molecule has 1 fully saturated rings. The largest absolute Gasteiger partial charge is 0.480 e. The van der Waals surface area contributed by atoms with Crippen molar-refractivity contribution in [3.8, 4) is 0 Å². The predicted molar refractivity (Wildman–Crippen MR) is 195 cm³/mol. The fourth-order valence-electron chi connectivity index (χ4n) is 6.02. The van der Waals surface area contributed by atoms with E-state index in [1.165, 1.54) is 11.9 Å². The van der Waals surface area contributed by atoms with Gasteiger partial charge < -0.3 is 20.5 Å². The number of hydrogen-bond acceptors (Lipinski definition) is 8. The van der Waals surface area contributed by atoms with Crippen LogP contribution >= 0.6 is 0 Å². The fraction of sp³-hybridized carbons (Fsp3) is 0.622. The minimum absolute atomic E-state index is 0.00895. The summed E-state index contributed by atoms with van der Waals surface area (Å²) in [6.07, 6.45) is 11.0. The van der Waals surface area contributed by atoms with E-state index < -0.39 is 66.6 Å². The molecule has 2 heterocycles. The Hall–Kier alpha value is -3.68. The summed E-state index contributed by atoms with van der Waals surface area (Å²) in [5.74, 6) is -3.21. The van der Waals surface area contributed by atoms with Crippen molar-refractivity contribution in [3.05, 3.63) is 41.0 Å². The summed E-state index contributed by atoms with van der Waals surface area (Å²) in [5.41, 5.74) is 0.764. The normalized spacial score (nSPS) is 22.3. The summed E-state index contributed by atoms with van der Waals surface area (Å²) in [4.78, 5) is 69.9. The standard InChI is InChI=1S/C37H57N5O7Si/c1-24(2)31(32(44)39-26(4)33(45)42-19-11-13-29(41-42)34(46)47)40-35(48)36(6,23-49-20-21-50(7,8)9)16-17-37(25(3)27(5)43)15-14-28-12-10-18-38-30(28)22-37/h10,12,14,16-18,22,24-26,29,31,41H,11,13,15,19-21,23H2,1-9H3,(H,39,44)(H,40,48)(H,46,47)/b17-16+/t25-,26-,29-,31-,36+,37?/m0/s1. The maximum Gasteiger partial charge on any atom is 0.322 e. The number of hydrogen-bond donors (Lipinski definition) is 4. The number of ketones is 1. The molecule has 276 valence electrons. The van der Waals surface area contributed by atoms with Gasteiger partial charge in [-0.2, -0.15) is 0 Å². The molecule has 0 bridgehead atoms. The van der Waals surface area contributed by atoms with Gasteiger partial charge in [-0.15, -0.1) is 0 Å². The van der Waals surface area contributed by atoms with Crippen LogP contribution in [0, 0.1) is 22.7 Å². The van der Waals surface area contributed by atoms with Gasteiger partial charge in [-0.3, -0.25) is 34.0 Å². The van der Waals surface area contributed by atoms with E-state index in [1.807, 2.05) is 31.2 Å². The van der Waals surface area contributed by atoms with Crippen LogP contribution in [0.5, 0.6) is 0 Å². The van der Waals surface area contributed by atoms with Gasteiger partial charge in [0.25, 0.3) is 5.91 Å². The number of hydrazine groups is 1. The van der Waals surface area contributed by atoms with Gasteiger partial charge in [0.1, 0.15) is 23.9 Å². The minimum Gasteiger partial charge on any atom is -0.480 e. The number of ether oxygens (including phenoxy) is 1. The molecule has 3 amide bonds. The molecule has 1 unspecified atom stereocenters. The quantitative estimate of drug-likeness (QED) is 0.114. The Morgan fingerprint density at radius 2 is 1.88 bits per heavy atom. The number of carbonyl (C=O) groups is 5. The number of amides is 3. The molecule has 1 aliphatic heterocycles. The van der Waals surface area contributed by atoms with Crippen molar-refractivity contribution < 1.29 is 33.8 Å². The third-order valence-electron chi connectivity index (χ3n) is 9.76. The second kappa shape index (κ2) is 17.0. The van der Waals surface area contributed by atoms with Crippen molar-refractivity contribution in [2.45, 2.75) is 105 Å². The number of nitrogens with zero attached hydrogens (tertiary/aromatic N) is 2. The van der Waals surface area contributed by atoms with Gasteiger partial charge in [0.2, 0.25) is 11.8 Å². The Morgan fingerprint density at radius 1 is 1.18 bits per heavy atom. The molecular formula is C37H57N5O7Si. The Bertz CT molecular complexity index is 1570. The molecule has 1 aromatic rings. The van der Waals surface area contributed by atoms with E-state index in [0.29, 0.717) is 32.4 Å². The van der Waals surface area contributed by atoms with Crippen molar-refractivity contribution in [2.24, 2.45) is 22.7 Å². The van der Waals surface area contributed by atoms with E-state index >= 15 is 0 Å². The molecule has 13 heteroatoms. The van der Waals surface area contributed by atoms with E-state index in [4.69, 9.17) is 4.74 Å².